The van der Waals surface area contributed by atoms with E-state index in [4.69, 9.17) is 13.9 Å². The predicted octanol–water partition coefficient (Wildman–Crippen LogP) is 6.74. The van der Waals surface area contributed by atoms with Crippen LogP contribution in [0.5, 0.6) is 11.5 Å². The van der Waals surface area contributed by atoms with Crippen LogP contribution in [0.15, 0.2) is 65.1 Å². The Morgan fingerprint density at radius 3 is 2.39 bits per heavy atom. The Labute approximate surface area is 222 Å². The van der Waals surface area contributed by atoms with Gasteiger partial charge in [-0.15, -0.1) is 0 Å². The largest absolute Gasteiger partial charge is 0.508 e. The molecule has 0 aliphatic rings. The second kappa shape index (κ2) is 11.4. The monoisotopic (exact) mass is 512 g/mol. The van der Waals surface area contributed by atoms with Crippen molar-refractivity contribution in [2.75, 3.05) is 14.2 Å². The molecule has 0 spiro atoms. The summed E-state index contributed by atoms with van der Waals surface area (Å²) in [4.78, 5) is 25.3. The minimum absolute atomic E-state index is 0.0175. The summed E-state index contributed by atoms with van der Waals surface area (Å²) in [5, 5.41) is 10.8. The maximum atomic E-state index is 12.9. The molecule has 4 aromatic rings. The summed E-state index contributed by atoms with van der Waals surface area (Å²) in [6, 6.07) is 17.0. The van der Waals surface area contributed by atoms with Gasteiger partial charge in [-0.05, 0) is 85.4 Å². The zero-order valence-corrected chi connectivity index (χ0v) is 22.3. The highest BCUT2D eigenvalue weighted by Gasteiger charge is 2.23. The number of hydrogen-bond acceptors (Lipinski definition) is 6. The Hall–Kier alpha value is -4.32. The molecule has 0 unspecified atom stereocenters. The van der Waals surface area contributed by atoms with E-state index in [0.29, 0.717) is 17.1 Å². The number of carbonyl (C=O) groups is 2. The number of furan rings is 1. The Balaban J connectivity index is 1.59. The number of phenols is 1. The van der Waals surface area contributed by atoms with Crippen molar-refractivity contribution in [1.29, 1.82) is 0 Å². The average molecular weight is 513 g/mol. The number of aromatic hydroxyl groups is 1. The zero-order chi connectivity index (χ0) is 27.4. The van der Waals surface area contributed by atoms with Gasteiger partial charge in [0, 0.05) is 17.4 Å². The third-order valence-electron chi connectivity index (χ3n) is 6.88. The van der Waals surface area contributed by atoms with Crippen molar-refractivity contribution in [1.82, 2.24) is 0 Å². The van der Waals surface area contributed by atoms with Crippen LogP contribution < -0.4 is 4.74 Å². The first kappa shape index (κ1) is 26.7. The minimum Gasteiger partial charge on any atom is -0.508 e. The van der Waals surface area contributed by atoms with E-state index in [2.05, 4.69) is 26.0 Å². The number of fused-ring (bicyclic) bond motifs is 1. The number of rotatable bonds is 9. The van der Waals surface area contributed by atoms with Crippen molar-refractivity contribution in [3.8, 4) is 22.8 Å². The first-order chi connectivity index (χ1) is 18.2. The third-order valence-corrected chi connectivity index (χ3v) is 6.88. The molecule has 1 heterocycles. The molecule has 0 radical (unpaired) electrons. The first-order valence-electron chi connectivity index (χ1n) is 12.5. The molecular weight excluding hydrogens is 480 g/mol. The van der Waals surface area contributed by atoms with E-state index in [1.54, 1.807) is 38.3 Å². The first-order valence-corrected chi connectivity index (χ1v) is 12.5. The van der Waals surface area contributed by atoms with Crippen LogP contribution in [0, 0.1) is 26.7 Å². The van der Waals surface area contributed by atoms with Gasteiger partial charge in [0.2, 0.25) is 0 Å². The van der Waals surface area contributed by atoms with Crippen molar-refractivity contribution >= 4 is 28.8 Å². The summed E-state index contributed by atoms with van der Waals surface area (Å²) in [5.41, 5.74) is 6.23. The number of ether oxygens (including phenoxy) is 2. The lowest BCUT2D eigenvalue weighted by molar-refractivity contribution is -0.146. The van der Waals surface area contributed by atoms with Crippen molar-refractivity contribution in [2.24, 2.45) is 5.92 Å². The SMILES string of the molecule is COC(=O)[C@H](CC(=O)/C=C/c1ccc(OC)c2oc(-c3ccc(C)c(C)c3)cc12)Cc1ccc(C)c(O)c1. The van der Waals surface area contributed by atoms with Crippen LogP contribution in [0.4, 0.5) is 0 Å². The number of ketones is 1. The lowest BCUT2D eigenvalue weighted by Gasteiger charge is -2.14. The number of benzene rings is 3. The lowest BCUT2D eigenvalue weighted by Crippen LogP contribution is -2.21. The molecule has 0 fully saturated rings. The highest BCUT2D eigenvalue weighted by Crippen LogP contribution is 2.36. The van der Waals surface area contributed by atoms with E-state index in [0.717, 1.165) is 27.6 Å². The third kappa shape index (κ3) is 5.80. The quantitative estimate of drug-likeness (QED) is 0.197. The molecular formula is C32H32O6. The minimum atomic E-state index is -0.666. The van der Waals surface area contributed by atoms with Gasteiger partial charge in [0.05, 0.1) is 20.1 Å². The average Bonchev–Trinajstić information content (AvgIpc) is 3.36. The number of aryl methyl sites for hydroxylation is 3. The van der Waals surface area contributed by atoms with Crippen LogP contribution in [0.3, 0.4) is 0 Å². The molecule has 6 nitrogen and oxygen atoms in total. The van der Waals surface area contributed by atoms with E-state index in [9.17, 15) is 14.7 Å². The van der Waals surface area contributed by atoms with Crippen LogP contribution in [0.1, 0.15) is 34.2 Å². The Morgan fingerprint density at radius 2 is 1.71 bits per heavy atom. The molecule has 1 aromatic heterocycles. The number of allylic oxidation sites excluding steroid dienone is 1. The molecule has 0 amide bonds. The normalized spacial score (nSPS) is 12.1. The van der Waals surface area contributed by atoms with Gasteiger partial charge in [0.1, 0.15) is 11.5 Å². The summed E-state index contributed by atoms with van der Waals surface area (Å²) in [5.74, 6) is 0.123. The number of hydrogen-bond donors (Lipinski definition) is 1. The summed E-state index contributed by atoms with van der Waals surface area (Å²) in [6.45, 7) is 5.92. The molecule has 0 bridgehead atoms. The molecule has 1 atom stereocenters. The lowest BCUT2D eigenvalue weighted by atomic mass is 9.93. The molecule has 196 valence electrons. The maximum Gasteiger partial charge on any atom is 0.309 e. The van der Waals surface area contributed by atoms with Gasteiger partial charge in [-0.2, -0.15) is 0 Å². The highest BCUT2D eigenvalue weighted by molar-refractivity contribution is 6.00. The van der Waals surface area contributed by atoms with E-state index < -0.39 is 11.9 Å². The highest BCUT2D eigenvalue weighted by atomic mass is 16.5. The number of carbonyl (C=O) groups excluding carboxylic acids is 2. The van der Waals surface area contributed by atoms with Crippen molar-refractivity contribution < 1.29 is 28.6 Å². The van der Waals surface area contributed by atoms with Gasteiger partial charge in [0.15, 0.2) is 17.1 Å². The smallest absolute Gasteiger partial charge is 0.309 e. The molecule has 0 saturated heterocycles. The van der Waals surface area contributed by atoms with E-state index in [1.165, 1.54) is 24.3 Å². The number of phenolic OH excluding ortho intramolecular Hbond substituents is 1. The van der Waals surface area contributed by atoms with Crippen molar-refractivity contribution in [3.05, 3.63) is 88.5 Å². The molecule has 38 heavy (non-hydrogen) atoms. The van der Waals surface area contributed by atoms with Crippen LogP contribution in [-0.4, -0.2) is 31.1 Å². The fourth-order valence-corrected chi connectivity index (χ4v) is 4.43. The second-order valence-corrected chi connectivity index (χ2v) is 9.56. The molecule has 0 aliphatic heterocycles. The summed E-state index contributed by atoms with van der Waals surface area (Å²) in [6.07, 6.45) is 3.48. The topological polar surface area (TPSA) is 86.0 Å². The van der Waals surface area contributed by atoms with Gasteiger partial charge in [-0.25, -0.2) is 0 Å². The fourth-order valence-electron chi connectivity index (χ4n) is 4.43. The van der Waals surface area contributed by atoms with E-state index in [1.807, 2.05) is 24.3 Å². The van der Waals surface area contributed by atoms with Crippen molar-refractivity contribution in [2.45, 2.75) is 33.6 Å². The Bertz CT molecular complexity index is 1520. The maximum absolute atomic E-state index is 12.9. The molecule has 4 rings (SSSR count). The van der Waals surface area contributed by atoms with Crippen LogP contribution in [-0.2, 0) is 20.7 Å². The van der Waals surface area contributed by atoms with E-state index in [-0.39, 0.29) is 24.4 Å². The molecule has 6 heteroatoms. The van der Waals surface area contributed by atoms with Crippen LogP contribution in [0.2, 0.25) is 0 Å². The van der Waals surface area contributed by atoms with Gasteiger partial charge >= 0.3 is 5.97 Å². The summed E-state index contributed by atoms with van der Waals surface area (Å²) in [7, 11) is 2.90. The zero-order valence-electron chi connectivity index (χ0n) is 22.3. The van der Waals surface area contributed by atoms with Gasteiger partial charge in [0.25, 0.3) is 0 Å². The molecule has 0 saturated carbocycles. The predicted molar refractivity (Wildman–Crippen MR) is 148 cm³/mol. The van der Waals surface area contributed by atoms with E-state index >= 15 is 0 Å². The van der Waals surface area contributed by atoms with Gasteiger partial charge in [-0.3, -0.25) is 9.59 Å². The van der Waals surface area contributed by atoms with Gasteiger partial charge < -0.3 is 19.0 Å². The Kier molecular flexibility index (Phi) is 8.01. The molecule has 0 aliphatic carbocycles. The summed E-state index contributed by atoms with van der Waals surface area (Å²) < 4.78 is 16.6. The van der Waals surface area contributed by atoms with Crippen LogP contribution >= 0.6 is 0 Å². The standard InChI is InChI=1S/C32H32O6/c1-19-7-9-24(14-21(19)3)30-18-27-23(11-13-29(36-4)31(27)38-30)10-12-26(33)17-25(32(35)37-5)15-22-8-6-20(2)28(34)16-22/h6-14,16,18,25,34H,15,17H2,1-5H3/b12-10+/t25-/m0/s1. The Morgan fingerprint density at radius 1 is 0.947 bits per heavy atom. The number of esters is 1. The van der Waals surface area contributed by atoms with Crippen LogP contribution in [0.25, 0.3) is 28.4 Å². The summed E-state index contributed by atoms with van der Waals surface area (Å²) >= 11 is 0. The molecule has 3 aromatic carbocycles. The van der Waals surface area contributed by atoms with Crippen molar-refractivity contribution in [3.63, 3.8) is 0 Å². The molecule has 1 N–H and O–H groups in total. The van der Waals surface area contributed by atoms with Gasteiger partial charge in [-0.1, -0.05) is 36.4 Å². The second-order valence-electron chi connectivity index (χ2n) is 9.56. The fraction of sp³-hybridized carbons (Fsp3) is 0.250. The number of methoxy groups -OCH3 is 2.